The smallest absolute Gasteiger partial charge is 0.267 e. The van der Waals surface area contributed by atoms with E-state index < -0.39 is 0 Å². The van der Waals surface area contributed by atoms with Crippen molar-refractivity contribution in [2.45, 2.75) is 31.0 Å². The van der Waals surface area contributed by atoms with E-state index in [-0.39, 0.29) is 5.91 Å². The second-order valence-electron chi connectivity index (χ2n) is 7.71. The Bertz CT molecular complexity index is 1190. The second kappa shape index (κ2) is 8.58. The van der Waals surface area contributed by atoms with Crippen molar-refractivity contribution in [3.63, 3.8) is 0 Å². The molecule has 4 heterocycles. The van der Waals surface area contributed by atoms with Gasteiger partial charge in [0.2, 0.25) is 0 Å². The number of hydrogen-bond acceptors (Lipinski definition) is 6. The Morgan fingerprint density at radius 1 is 1.19 bits per heavy atom. The van der Waals surface area contributed by atoms with Gasteiger partial charge in [-0.15, -0.1) is 0 Å². The van der Waals surface area contributed by atoms with Crippen molar-refractivity contribution in [3.05, 3.63) is 42.2 Å². The number of rotatable bonds is 6. The first kappa shape index (κ1) is 19.9. The highest BCUT2D eigenvalue weighted by molar-refractivity contribution is 7.98. The average Bonchev–Trinajstić information content (AvgIpc) is 3.43. The molecule has 0 bridgehead atoms. The van der Waals surface area contributed by atoms with Crippen molar-refractivity contribution < 1.29 is 4.79 Å². The fourth-order valence-electron chi connectivity index (χ4n) is 4.09. The zero-order valence-electron chi connectivity index (χ0n) is 17.5. The maximum Gasteiger partial charge on any atom is 0.267 e. The molecule has 1 aliphatic rings. The molecule has 5 rings (SSSR count). The largest absolute Gasteiger partial charge is 0.356 e. The molecule has 8 nitrogen and oxygen atoms in total. The van der Waals surface area contributed by atoms with Crippen LogP contribution < -0.4 is 10.2 Å². The molecule has 9 heteroatoms. The zero-order valence-corrected chi connectivity index (χ0v) is 18.3. The molecule has 160 valence electrons. The molecule has 0 atom stereocenters. The van der Waals surface area contributed by atoms with Crippen molar-refractivity contribution in [2.24, 2.45) is 0 Å². The van der Waals surface area contributed by atoms with Crippen molar-refractivity contribution in [2.75, 3.05) is 30.8 Å². The van der Waals surface area contributed by atoms with Gasteiger partial charge in [-0.05, 0) is 37.7 Å². The normalized spacial score (nSPS) is 14.4. The van der Waals surface area contributed by atoms with Crippen LogP contribution in [-0.4, -0.2) is 56.5 Å². The lowest BCUT2D eigenvalue weighted by molar-refractivity contribution is 0.0948. The van der Waals surface area contributed by atoms with Crippen LogP contribution in [0.4, 0.5) is 5.82 Å². The monoisotopic (exact) mass is 435 g/mol. The molecule has 1 aliphatic heterocycles. The topological polar surface area (TPSA) is 91.7 Å². The summed E-state index contributed by atoms with van der Waals surface area (Å²) in [6, 6.07) is 9.74. The van der Waals surface area contributed by atoms with Crippen LogP contribution >= 0.6 is 11.8 Å². The molecule has 1 fully saturated rings. The van der Waals surface area contributed by atoms with E-state index in [2.05, 4.69) is 20.3 Å². The summed E-state index contributed by atoms with van der Waals surface area (Å²) in [4.78, 5) is 27.5. The second-order valence-corrected chi connectivity index (χ2v) is 8.49. The summed E-state index contributed by atoms with van der Waals surface area (Å²) in [7, 11) is 0. The van der Waals surface area contributed by atoms with E-state index in [1.165, 1.54) is 31.0 Å². The first-order chi connectivity index (χ1) is 15.2. The number of nitrogens with one attached hydrogen (secondary N) is 2. The molecule has 0 spiro atoms. The molecule has 0 aliphatic carbocycles. The lowest BCUT2D eigenvalue weighted by Gasteiger charge is -2.28. The third-order valence-corrected chi connectivity index (χ3v) is 6.23. The van der Waals surface area contributed by atoms with Gasteiger partial charge in [0, 0.05) is 30.5 Å². The van der Waals surface area contributed by atoms with Gasteiger partial charge in [0.25, 0.3) is 5.91 Å². The third-order valence-electron chi connectivity index (χ3n) is 5.68. The van der Waals surface area contributed by atoms with Gasteiger partial charge < -0.3 is 15.2 Å². The Hall–Kier alpha value is -3.07. The molecule has 31 heavy (non-hydrogen) atoms. The first-order valence-corrected chi connectivity index (χ1v) is 11.8. The molecular formula is C22H25N7OS. The minimum atomic E-state index is -0.124. The molecule has 0 radical (unpaired) electrons. The van der Waals surface area contributed by atoms with E-state index >= 15 is 0 Å². The van der Waals surface area contributed by atoms with Crippen LogP contribution in [0.15, 0.2) is 41.7 Å². The van der Waals surface area contributed by atoms with Crippen molar-refractivity contribution in [1.82, 2.24) is 30.0 Å². The van der Waals surface area contributed by atoms with Crippen molar-refractivity contribution >= 4 is 45.4 Å². The molecule has 4 aromatic rings. The van der Waals surface area contributed by atoms with E-state index in [1.54, 1.807) is 0 Å². The highest BCUT2D eigenvalue weighted by atomic mass is 32.2. The maximum absolute atomic E-state index is 12.6. The minimum Gasteiger partial charge on any atom is -0.356 e. The molecule has 1 saturated heterocycles. The first-order valence-electron chi connectivity index (χ1n) is 10.6. The zero-order chi connectivity index (χ0) is 21.2. The van der Waals surface area contributed by atoms with E-state index in [0.717, 1.165) is 46.0 Å². The lowest BCUT2D eigenvalue weighted by atomic mass is 10.1. The van der Waals surface area contributed by atoms with Crippen LogP contribution in [0, 0.1) is 0 Å². The van der Waals surface area contributed by atoms with E-state index in [1.807, 2.05) is 47.5 Å². The quantitative estimate of drug-likeness (QED) is 0.356. The molecular weight excluding hydrogens is 410 g/mol. The number of benzene rings is 1. The fourth-order valence-corrected chi connectivity index (χ4v) is 4.44. The Balaban J connectivity index is 1.32. The molecule has 0 saturated carbocycles. The predicted octanol–water partition coefficient (Wildman–Crippen LogP) is 3.45. The van der Waals surface area contributed by atoms with Crippen LogP contribution in [0.1, 0.15) is 29.8 Å². The molecule has 3 aromatic heterocycles. The van der Waals surface area contributed by atoms with Gasteiger partial charge in [-0.3, -0.25) is 4.79 Å². The van der Waals surface area contributed by atoms with Crippen LogP contribution in [0.5, 0.6) is 0 Å². The SMILES string of the molecule is CSc1nc(N2CCCCC2)c2cnn(CCNC(=O)c3cc4ccccc4[nH]3)c2n1. The number of para-hydroxylation sites is 1. The average molecular weight is 436 g/mol. The molecule has 1 amide bonds. The van der Waals surface area contributed by atoms with Crippen LogP contribution in [0.3, 0.4) is 0 Å². The number of anilines is 1. The van der Waals surface area contributed by atoms with Gasteiger partial charge in [-0.2, -0.15) is 5.10 Å². The molecule has 2 N–H and O–H groups in total. The number of carbonyl (C=O) groups is 1. The van der Waals surface area contributed by atoms with Gasteiger partial charge in [-0.25, -0.2) is 14.6 Å². The predicted molar refractivity (Wildman–Crippen MR) is 124 cm³/mol. The lowest BCUT2D eigenvalue weighted by Crippen LogP contribution is -2.30. The number of thioether (sulfide) groups is 1. The standard InChI is InChI=1S/C22H25N7OS/c1-31-22-26-19(28-10-5-2-6-11-28)16-14-24-29(20(16)27-22)12-9-23-21(30)18-13-15-7-3-4-8-17(15)25-18/h3-4,7-8,13-14,25H,2,5-6,9-12H2,1H3,(H,23,30). The van der Waals surface area contributed by atoms with E-state index in [9.17, 15) is 4.79 Å². The number of aromatic nitrogens is 5. The van der Waals surface area contributed by atoms with Crippen LogP contribution in [0.2, 0.25) is 0 Å². The van der Waals surface area contributed by atoms with Gasteiger partial charge >= 0.3 is 0 Å². The van der Waals surface area contributed by atoms with Crippen molar-refractivity contribution in [1.29, 1.82) is 0 Å². The Labute approximate surface area is 184 Å². The summed E-state index contributed by atoms with van der Waals surface area (Å²) in [5, 5.41) is 10.3. The number of aromatic amines is 1. The van der Waals surface area contributed by atoms with Crippen LogP contribution in [-0.2, 0) is 6.54 Å². The number of fused-ring (bicyclic) bond motifs is 2. The molecule has 0 unspecified atom stereocenters. The number of amides is 1. The minimum absolute atomic E-state index is 0.124. The molecule has 1 aromatic carbocycles. The summed E-state index contributed by atoms with van der Waals surface area (Å²) < 4.78 is 1.86. The fraction of sp³-hybridized carbons (Fsp3) is 0.364. The summed E-state index contributed by atoms with van der Waals surface area (Å²) in [6.07, 6.45) is 7.49. The number of H-pyrrole nitrogens is 1. The maximum atomic E-state index is 12.6. The summed E-state index contributed by atoms with van der Waals surface area (Å²) in [5.41, 5.74) is 2.34. The Morgan fingerprint density at radius 3 is 2.84 bits per heavy atom. The number of piperidine rings is 1. The number of nitrogens with zero attached hydrogens (tertiary/aromatic N) is 5. The summed E-state index contributed by atoms with van der Waals surface area (Å²) >= 11 is 1.54. The highest BCUT2D eigenvalue weighted by Crippen LogP contribution is 2.28. The van der Waals surface area contributed by atoms with Gasteiger partial charge in [0.1, 0.15) is 11.5 Å². The van der Waals surface area contributed by atoms with Crippen LogP contribution in [0.25, 0.3) is 21.9 Å². The number of carbonyl (C=O) groups excluding carboxylic acids is 1. The van der Waals surface area contributed by atoms with Gasteiger partial charge in [0.15, 0.2) is 10.8 Å². The third kappa shape index (κ3) is 3.97. The van der Waals surface area contributed by atoms with E-state index in [4.69, 9.17) is 9.97 Å². The summed E-state index contributed by atoms with van der Waals surface area (Å²) in [6.45, 7) is 3.04. The summed E-state index contributed by atoms with van der Waals surface area (Å²) in [5.74, 6) is 0.850. The highest BCUT2D eigenvalue weighted by Gasteiger charge is 2.19. The Morgan fingerprint density at radius 2 is 2.03 bits per heavy atom. The van der Waals surface area contributed by atoms with Crippen molar-refractivity contribution in [3.8, 4) is 0 Å². The van der Waals surface area contributed by atoms with Gasteiger partial charge in [-0.1, -0.05) is 30.0 Å². The number of hydrogen-bond donors (Lipinski definition) is 2. The van der Waals surface area contributed by atoms with Gasteiger partial charge in [0.05, 0.1) is 18.1 Å². The Kier molecular flexibility index (Phi) is 5.50. The van der Waals surface area contributed by atoms with E-state index in [0.29, 0.717) is 18.8 Å².